The Labute approximate surface area is 367 Å². The molecule has 0 spiro atoms. The van der Waals surface area contributed by atoms with E-state index in [-0.39, 0.29) is 23.8 Å². The number of sulfonamides is 1. The van der Waals surface area contributed by atoms with Gasteiger partial charge >= 0.3 is 11.9 Å². The lowest BCUT2D eigenvalue weighted by Crippen LogP contribution is -2.29. The Morgan fingerprint density at radius 1 is 0.475 bits per heavy atom. The summed E-state index contributed by atoms with van der Waals surface area (Å²) < 4.78 is 38.0. The van der Waals surface area contributed by atoms with Crippen LogP contribution >= 0.6 is 0 Å². The maximum Gasteiger partial charge on any atom is 0.306 e. The van der Waals surface area contributed by atoms with Crippen LogP contribution < -0.4 is 4.72 Å². The van der Waals surface area contributed by atoms with Crippen molar-refractivity contribution in [2.45, 2.75) is 265 Å². The van der Waals surface area contributed by atoms with Gasteiger partial charge in [-0.25, -0.2) is 13.1 Å². The third-order valence-corrected chi connectivity index (χ3v) is 13.5. The van der Waals surface area contributed by atoms with Gasteiger partial charge in [0.2, 0.25) is 10.0 Å². The van der Waals surface area contributed by atoms with Gasteiger partial charge in [-0.05, 0) is 103 Å². The Morgan fingerprint density at radius 2 is 0.898 bits per heavy atom. The summed E-state index contributed by atoms with van der Waals surface area (Å²) in [6, 6.07) is 0. The van der Waals surface area contributed by atoms with Gasteiger partial charge in [0.15, 0.2) is 0 Å². The van der Waals surface area contributed by atoms with Gasteiger partial charge in [0, 0.05) is 19.4 Å². The zero-order valence-electron chi connectivity index (χ0n) is 40.0. The van der Waals surface area contributed by atoms with Crippen LogP contribution in [-0.2, 0) is 29.1 Å². The molecule has 0 aromatic carbocycles. The molecule has 0 aliphatic heterocycles. The van der Waals surface area contributed by atoms with Crippen molar-refractivity contribution in [3.63, 3.8) is 0 Å². The fourth-order valence-electron chi connectivity index (χ4n) is 8.04. The van der Waals surface area contributed by atoms with Crippen molar-refractivity contribution in [2.75, 3.05) is 38.5 Å². The van der Waals surface area contributed by atoms with Gasteiger partial charge in [-0.3, -0.25) is 9.59 Å². The topological polar surface area (TPSA) is 102 Å². The fourth-order valence-corrected chi connectivity index (χ4v) is 8.70. The smallest absolute Gasteiger partial charge is 0.306 e. The van der Waals surface area contributed by atoms with Crippen LogP contribution in [0.15, 0.2) is 0 Å². The van der Waals surface area contributed by atoms with Crippen LogP contribution in [0.1, 0.15) is 259 Å². The lowest BCUT2D eigenvalue weighted by atomic mass is 9.93. The Hall–Kier alpha value is -1.19. The van der Waals surface area contributed by atoms with Crippen LogP contribution in [0.2, 0.25) is 0 Å². The van der Waals surface area contributed by atoms with Gasteiger partial charge in [-0.2, -0.15) is 0 Å². The molecule has 352 valence electrons. The van der Waals surface area contributed by atoms with E-state index in [1.807, 2.05) is 0 Å². The molecule has 8 nitrogen and oxygen atoms in total. The summed E-state index contributed by atoms with van der Waals surface area (Å²) in [5, 5.41) is 0. The highest BCUT2D eigenvalue weighted by molar-refractivity contribution is 7.89. The predicted molar refractivity (Wildman–Crippen MR) is 253 cm³/mol. The number of nitrogens with one attached hydrogen (secondary N) is 1. The molecule has 0 unspecified atom stereocenters. The molecule has 0 heterocycles. The number of esters is 2. The summed E-state index contributed by atoms with van der Waals surface area (Å²) >= 11 is 0. The van der Waals surface area contributed by atoms with Gasteiger partial charge in [0.05, 0.1) is 12.4 Å². The van der Waals surface area contributed by atoms with Gasteiger partial charge in [0.1, 0.15) is 6.10 Å². The van der Waals surface area contributed by atoms with Crippen LogP contribution in [0.25, 0.3) is 0 Å². The third-order valence-electron chi connectivity index (χ3n) is 12.1. The molecule has 0 bridgehead atoms. The van der Waals surface area contributed by atoms with Crippen LogP contribution in [0.5, 0.6) is 0 Å². The summed E-state index contributed by atoms with van der Waals surface area (Å²) in [4.78, 5) is 27.7. The highest BCUT2D eigenvalue weighted by atomic mass is 32.2. The van der Waals surface area contributed by atoms with E-state index in [4.69, 9.17) is 9.47 Å². The first-order valence-electron chi connectivity index (χ1n) is 25.8. The molecule has 0 fully saturated rings. The molecule has 1 N–H and O–H groups in total. The van der Waals surface area contributed by atoms with Gasteiger partial charge < -0.3 is 14.4 Å². The van der Waals surface area contributed by atoms with Crippen molar-refractivity contribution >= 4 is 22.0 Å². The molecule has 59 heavy (non-hydrogen) atoms. The lowest BCUT2D eigenvalue weighted by Gasteiger charge is -2.22. The summed E-state index contributed by atoms with van der Waals surface area (Å²) in [5.41, 5.74) is 0. The van der Waals surface area contributed by atoms with Crippen molar-refractivity contribution in [3.05, 3.63) is 0 Å². The molecule has 0 amide bonds. The Bertz CT molecular complexity index is 1000. The molecule has 0 radical (unpaired) electrons. The largest absolute Gasteiger partial charge is 0.466 e. The van der Waals surface area contributed by atoms with Crippen LogP contribution in [-0.4, -0.2) is 69.9 Å². The normalized spacial score (nSPS) is 12.0. The first-order chi connectivity index (χ1) is 28.7. The minimum atomic E-state index is -3.14. The zero-order chi connectivity index (χ0) is 43.5. The number of hydrogen-bond acceptors (Lipinski definition) is 7. The molecule has 0 rings (SSSR count). The molecule has 0 atom stereocenters. The van der Waals surface area contributed by atoms with E-state index < -0.39 is 10.0 Å². The van der Waals surface area contributed by atoms with E-state index in [9.17, 15) is 18.0 Å². The van der Waals surface area contributed by atoms with E-state index in [1.54, 1.807) is 6.92 Å². The highest BCUT2D eigenvalue weighted by Gasteiger charge is 2.15. The van der Waals surface area contributed by atoms with E-state index in [0.29, 0.717) is 31.9 Å². The lowest BCUT2D eigenvalue weighted by molar-refractivity contribution is -0.150. The highest BCUT2D eigenvalue weighted by Crippen LogP contribution is 2.21. The Balaban J connectivity index is 4.50. The van der Waals surface area contributed by atoms with Crippen molar-refractivity contribution in [1.29, 1.82) is 0 Å². The minimum absolute atomic E-state index is 0.00308. The number of carbonyl (C=O) groups excluding carboxylic acids is 2. The third kappa shape index (κ3) is 40.6. The predicted octanol–water partition coefficient (Wildman–Crippen LogP) is 14.0. The molecular weight excluding hydrogens is 757 g/mol. The second kappa shape index (κ2) is 43.5. The number of ether oxygens (including phenoxy) is 2. The summed E-state index contributed by atoms with van der Waals surface area (Å²) in [6.07, 6.45) is 39.6. The number of hydrogen-bond donors (Lipinski definition) is 1. The Morgan fingerprint density at radius 3 is 1.39 bits per heavy atom. The second-order valence-corrected chi connectivity index (χ2v) is 19.9. The molecule has 0 aliphatic carbocycles. The average Bonchev–Trinajstić information content (AvgIpc) is 3.22. The van der Waals surface area contributed by atoms with E-state index in [1.165, 1.54) is 116 Å². The quantitative estimate of drug-likeness (QED) is 0.0480. The summed E-state index contributed by atoms with van der Waals surface area (Å²) in [6.45, 7) is 14.9. The van der Waals surface area contributed by atoms with Gasteiger partial charge in [-0.15, -0.1) is 0 Å². The van der Waals surface area contributed by atoms with Gasteiger partial charge in [-0.1, -0.05) is 169 Å². The monoisotopic (exact) mass is 857 g/mol. The molecular formula is C50H100N2O6S. The maximum absolute atomic E-state index is 12.8. The maximum atomic E-state index is 12.8. The molecule has 0 aliphatic rings. The average molecular weight is 857 g/mol. The molecule has 9 heteroatoms. The van der Waals surface area contributed by atoms with Crippen molar-refractivity contribution in [2.24, 2.45) is 5.92 Å². The number of rotatable bonds is 47. The standard InChI is InChI=1S/C50H100N2O6S/c1-6-11-15-17-21-27-37-48(38-28-22-18-16-12-7-2)58-50(54)40-30-24-20-26-33-44-52(45-34-31-42-51-59(55,56)10-5)43-32-25-19-23-29-39-49(53)57-46-41-47(35-13-8-3)36-14-9-4/h47-48,51H,6-46H2,1-5H3. The number of unbranched alkanes of at least 4 members (excludes halogenated alkanes) is 21. The zero-order valence-corrected chi connectivity index (χ0v) is 40.8. The molecule has 0 aromatic heterocycles. The van der Waals surface area contributed by atoms with E-state index in [0.717, 1.165) is 116 Å². The fraction of sp³-hybridized carbons (Fsp3) is 0.960. The molecule has 0 saturated carbocycles. The van der Waals surface area contributed by atoms with Crippen LogP contribution in [0, 0.1) is 5.92 Å². The first kappa shape index (κ1) is 57.8. The molecule has 0 saturated heterocycles. The Kier molecular flexibility index (Phi) is 42.6. The number of nitrogens with zero attached hydrogens (tertiary/aromatic N) is 1. The van der Waals surface area contributed by atoms with Crippen molar-refractivity contribution < 1.29 is 27.5 Å². The first-order valence-corrected chi connectivity index (χ1v) is 27.4. The minimum Gasteiger partial charge on any atom is -0.466 e. The number of carbonyl (C=O) groups is 2. The SMILES string of the molecule is CCCCCCCCC(CCCCCCCC)OC(=O)CCCCCCCN(CCCCCCCC(=O)OCCC(CCCC)CCCC)CCCCNS(=O)(=O)CC. The van der Waals surface area contributed by atoms with Gasteiger partial charge in [0.25, 0.3) is 0 Å². The van der Waals surface area contributed by atoms with Crippen LogP contribution in [0.3, 0.4) is 0 Å². The summed E-state index contributed by atoms with van der Waals surface area (Å²) in [7, 11) is -3.14. The van der Waals surface area contributed by atoms with Crippen LogP contribution in [0.4, 0.5) is 0 Å². The summed E-state index contributed by atoms with van der Waals surface area (Å²) in [5.74, 6) is 0.784. The second-order valence-electron chi connectivity index (χ2n) is 17.8. The van der Waals surface area contributed by atoms with E-state index in [2.05, 4.69) is 37.3 Å². The van der Waals surface area contributed by atoms with Crippen molar-refractivity contribution in [3.8, 4) is 0 Å². The van der Waals surface area contributed by atoms with E-state index >= 15 is 0 Å². The molecule has 0 aromatic rings. The van der Waals surface area contributed by atoms with Crippen molar-refractivity contribution in [1.82, 2.24) is 9.62 Å².